The van der Waals surface area contributed by atoms with Crippen molar-refractivity contribution in [2.24, 2.45) is 0 Å². The fourth-order valence-corrected chi connectivity index (χ4v) is 1.74. The molecule has 1 aromatic rings. The van der Waals surface area contributed by atoms with E-state index in [4.69, 9.17) is 4.74 Å². The molecule has 0 aliphatic rings. The molecule has 0 aromatic heterocycles. The Morgan fingerprint density at radius 2 is 2.05 bits per heavy atom. The summed E-state index contributed by atoms with van der Waals surface area (Å²) in [4.78, 5) is 11.4. The van der Waals surface area contributed by atoms with Crippen molar-refractivity contribution in [2.75, 3.05) is 24.3 Å². The molecule has 0 bridgehead atoms. The Bertz CT molecular complexity index is 456. The summed E-state index contributed by atoms with van der Waals surface area (Å²) >= 11 is 0. The van der Waals surface area contributed by atoms with E-state index in [0.717, 1.165) is 29.9 Å². The maximum atomic E-state index is 11.4. The predicted molar refractivity (Wildman–Crippen MR) is 84.3 cm³/mol. The molecule has 20 heavy (non-hydrogen) atoms. The van der Waals surface area contributed by atoms with Gasteiger partial charge in [0.1, 0.15) is 0 Å². The Kier molecular flexibility index (Phi) is 6.02. The summed E-state index contributed by atoms with van der Waals surface area (Å²) in [5, 5.41) is 6.28. The van der Waals surface area contributed by atoms with Crippen LogP contribution in [0.2, 0.25) is 0 Å². The van der Waals surface area contributed by atoms with Crippen LogP contribution in [0.25, 0.3) is 0 Å². The Morgan fingerprint density at radius 3 is 2.65 bits per heavy atom. The fraction of sp³-hybridized carbons (Fsp3) is 0.562. The second kappa shape index (κ2) is 7.29. The molecule has 0 fully saturated rings. The highest BCUT2D eigenvalue weighted by atomic mass is 16.5. The number of carbonyl (C=O) groups excluding carboxylic acids is 1. The van der Waals surface area contributed by atoms with Gasteiger partial charge in [-0.1, -0.05) is 13.0 Å². The number of amides is 1. The Hall–Kier alpha value is -1.55. The molecule has 112 valence electrons. The van der Waals surface area contributed by atoms with Gasteiger partial charge in [-0.2, -0.15) is 0 Å². The van der Waals surface area contributed by atoms with Crippen molar-refractivity contribution in [3.05, 3.63) is 23.8 Å². The van der Waals surface area contributed by atoms with Crippen LogP contribution in [0.1, 0.15) is 39.2 Å². The van der Waals surface area contributed by atoms with Crippen LogP contribution in [0.15, 0.2) is 18.2 Å². The molecule has 1 rings (SSSR count). The second-order valence-corrected chi connectivity index (χ2v) is 5.57. The van der Waals surface area contributed by atoms with Crippen molar-refractivity contribution in [1.82, 2.24) is 0 Å². The van der Waals surface area contributed by atoms with Gasteiger partial charge in [-0.05, 0) is 44.9 Å². The van der Waals surface area contributed by atoms with E-state index in [0.29, 0.717) is 6.42 Å². The van der Waals surface area contributed by atoms with E-state index < -0.39 is 0 Å². The zero-order valence-electron chi connectivity index (χ0n) is 13.2. The van der Waals surface area contributed by atoms with E-state index in [-0.39, 0.29) is 11.5 Å². The van der Waals surface area contributed by atoms with Gasteiger partial charge in [0.05, 0.1) is 5.60 Å². The summed E-state index contributed by atoms with van der Waals surface area (Å²) in [6.07, 6.45) is 1.40. The van der Waals surface area contributed by atoms with Gasteiger partial charge in [0, 0.05) is 31.5 Å². The molecular formula is C16H26N2O2. The van der Waals surface area contributed by atoms with Gasteiger partial charge >= 0.3 is 0 Å². The van der Waals surface area contributed by atoms with Gasteiger partial charge < -0.3 is 15.4 Å². The lowest BCUT2D eigenvalue weighted by Crippen LogP contribution is -2.25. The van der Waals surface area contributed by atoms with Gasteiger partial charge in [-0.3, -0.25) is 4.79 Å². The van der Waals surface area contributed by atoms with Gasteiger partial charge in [0.2, 0.25) is 5.91 Å². The summed E-state index contributed by atoms with van der Waals surface area (Å²) in [6.45, 7) is 8.86. The summed E-state index contributed by atoms with van der Waals surface area (Å²) < 4.78 is 5.40. The minimum atomic E-state index is -0.130. The zero-order chi connectivity index (χ0) is 15.2. The quantitative estimate of drug-likeness (QED) is 0.801. The molecule has 0 atom stereocenters. The van der Waals surface area contributed by atoms with E-state index in [9.17, 15) is 4.79 Å². The first-order valence-electron chi connectivity index (χ1n) is 7.07. The third-order valence-electron chi connectivity index (χ3n) is 3.44. The highest BCUT2D eigenvalue weighted by Crippen LogP contribution is 2.21. The van der Waals surface area contributed by atoms with E-state index in [1.807, 2.05) is 25.1 Å². The van der Waals surface area contributed by atoms with Crippen LogP contribution >= 0.6 is 0 Å². The lowest BCUT2D eigenvalue weighted by atomic mass is 10.1. The van der Waals surface area contributed by atoms with Crippen LogP contribution < -0.4 is 10.6 Å². The van der Waals surface area contributed by atoms with E-state index in [1.165, 1.54) is 0 Å². The standard InChI is InChI=1S/C16H26N2O2/c1-6-15(19)18-13-8-7-12(2)14(11-13)17-10-9-16(3,4)20-5/h7-8,11,17H,6,9-10H2,1-5H3,(H,18,19). The molecule has 0 unspecified atom stereocenters. The number of benzene rings is 1. The Balaban J connectivity index is 2.65. The van der Waals surface area contributed by atoms with Gasteiger partial charge in [0.15, 0.2) is 0 Å². The monoisotopic (exact) mass is 278 g/mol. The molecule has 0 saturated carbocycles. The Morgan fingerprint density at radius 1 is 1.35 bits per heavy atom. The number of carbonyl (C=O) groups is 1. The maximum absolute atomic E-state index is 11.4. The largest absolute Gasteiger partial charge is 0.385 e. The fourth-order valence-electron chi connectivity index (χ4n) is 1.74. The lowest BCUT2D eigenvalue weighted by molar-refractivity contribution is -0.115. The van der Waals surface area contributed by atoms with E-state index in [1.54, 1.807) is 7.11 Å². The highest BCUT2D eigenvalue weighted by molar-refractivity contribution is 5.91. The van der Waals surface area contributed by atoms with Crippen LogP contribution in [0.5, 0.6) is 0 Å². The first kappa shape index (κ1) is 16.5. The van der Waals surface area contributed by atoms with Crippen LogP contribution in [0.4, 0.5) is 11.4 Å². The first-order valence-corrected chi connectivity index (χ1v) is 7.07. The third kappa shape index (κ3) is 5.21. The Labute approximate surface area is 121 Å². The molecule has 4 nitrogen and oxygen atoms in total. The maximum Gasteiger partial charge on any atom is 0.224 e. The van der Waals surface area contributed by atoms with E-state index >= 15 is 0 Å². The average Bonchev–Trinajstić information content (AvgIpc) is 2.42. The summed E-state index contributed by atoms with van der Waals surface area (Å²) in [6, 6.07) is 5.91. The number of hydrogen-bond donors (Lipinski definition) is 2. The van der Waals surface area contributed by atoms with Crippen LogP contribution in [0, 0.1) is 6.92 Å². The van der Waals surface area contributed by atoms with Crippen LogP contribution in [-0.4, -0.2) is 25.2 Å². The number of nitrogens with one attached hydrogen (secondary N) is 2. The summed E-state index contributed by atoms with van der Waals surface area (Å²) in [5.41, 5.74) is 2.91. The molecule has 0 aliphatic carbocycles. The number of anilines is 2. The molecule has 0 aliphatic heterocycles. The van der Waals surface area contributed by atoms with E-state index in [2.05, 4.69) is 31.4 Å². The van der Waals surface area contributed by atoms with Gasteiger partial charge in [-0.15, -0.1) is 0 Å². The summed E-state index contributed by atoms with van der Waals surface area (Å²) in [5.74, 6) is 0.0281. The lowest BCUT2D eigenvalue weighted by Gasteiger charge is -2.23. The second-order valence-electron chi connectivity index (χ2n) is 5.57. The molecule has 2 N–H and O–H groups in total. The highest BCUT2D eigenvalue weighted by Gasteiger charge is 2.15. The third-order valence-corrected chi connectivity index (χ3v) is 3.44. The van der Waals surface area contributed by atoms with Crippen LogP contribution in [0.3, 0.4) is 0 Å². The molecule has 4 heteroatoms. The minimum absolute atomic E-state index is 0.0281. The molecule has 0 spiro atoms. The van der Waals surface area contributed by atoms with Crippen molar-refractivity contribution in [1.29, 1.82) is 0 Å². The molecule has 1 aromatic carbocycles. The number of ether oxygens (including phenoxy) is 1. The van der Waals surface area contributed by atoms with Gasteiger partial charge in [-0.25, -0.2) is 0 Å². The average molecular weight is 278 g/mol. The molecule has 1 amide bonds. The van der Waals surface area contributed by atoms with Crippen molar-refractivity contribution < 1.29 is 9.53 Å². The molecule has 0 heterocycles. The smallest absolute Gasteiger partial charge is 0.224 e. The van der Waals surface area contributed by atoms with Crippen molar-refractivity contribution in [3.63, 3.8) is 0 Å². The number of hydrogen-bond acceptors (Lipinski definition) is 3. The number of methoxy groups -OCH3 is 1. The normalized spacial score (nSPS) is 11.2. The van der Waals surface area contributed by atoms with Crippen LogP contribution in [-0.2, 0) is 9.53 Å². The topological polar surface area (TPSA) is 50.4 Å². The van der Waals surface area contributed by atoms with Crippen molar-refractivity contribution in [2.45, 2.75) is 46.1 Å². The number of rotatable bonds is 7. The predicted octanol–water partition coefficient (Wildman–Crippen LogP) is 3.57. The summed E-state index contributed by atoms with van der Waals surface area (Å²) in [7, 11) is 1.73. The van der Waals surface area contributed by atoms with Crippen molar-refractivity contribution in [3.8, 4) is 0 Å². The SMILES string of the molecule is CCC(=O)Nc1ccc(C)c(NCCC(C)(C)OC)c1. The van der Waals surface area contributed by atoms with Gasteiger partial charge in [0.25, 0.3) is 0 Å². The zero-order valence-corrected chi connectivity index (χ0v) is 13.2. The number of aryl methyl sites for hydroxylation is 1. The molecule has 0 saturated heterocycles. The first-order chi connectivity index (χ1) is 9.38. The molecular weight excluding hydrogens is 252 g/mol. The minimum Gasteiger partial charge on any atom is -0.385 e. The van der Waals surface area contributed by atoms with Crippen molar-refractivity contribution >= 4 is 17.3 Å². The molecule has 0 radical (unpaired) electrons.